The highest BCUT2D eigenvalue weighted by molar-refractivity contribution is 5.76. The van der Waals surface area contributed by atoms with Gasteiger partial charge in [-0.15, -0.1) is 0 Å². The number of imidazole rings is 1. The molecule has 0 bridgehead atoms. The Kier molecular flexibility index (Phi) is 2.43. The first-order valence-electron chi connectivity index (χ1n) is 5.46. The fraction of sp³-hybridized carbons (Fsp3) is 0. The number of anilines is 2. The molecule has 0 saturated heterocycles. The van der Waals surface area contributed by atoms with Crippen LogP contribution in [0.2, 0.25) is 0 Å². The monoisotopic (exact) mass is 278 g/mol. The van der Waals surface area contributed by atoms with E-state index in [9.17, 15) is 13.6 Å². The van der Waals surface area contributed by atoms with Crippen LogP contribution in [-0.2, 0) is 0 Å². The number of hydrogen-bond donors (Lipinski definition) is 4. The summed E-state index contributed by atoms with van der Waals surface area (Å²) >= 11 is 0. The van der Waals surface area contributed by atoms with E-state index in [4.69, 9.17) is 11.5 Å². The van der Waals surface area contributed by atoms with Gasteiger partial charge in [0.25, 0.3) is 5.56 Å². The highest BCUT2D eigenvalue weighted by atomic mass is 19.1. The van der Waals surface area contributed by atoms with Crippen molar-refractivity contribution >= 4 is 22.8 Å². The first-order chi connectivity index (χ1) is 9.45. The van der Waals surface area contributed by atoms with E-state index in [0.717, 1.165) is 6.07 Å². The van der Waals surface area contributed by atoms with Crippen molar-refractivity contribution in [3.05, 3.63) is 34.1 Å². The van der Waals surface area contributed by atoms with Crippen molar-refractivity contribution in [1.82, 2.24) is 19.9 Å². The van der Waals surface area contributed by atoms with E-state index in [-0.39, 0.29) is 34.2 Å². The summed E-state index contributed by atoms with van der Waals surface area (Å²) in [6.45, 7) is 0. The molecule has 0 spiro atoms. The Morgan fingerprint density at radius 1 is 1.05 bits per heavy atom. The quantitative estimate of drug-likeness (QED) is 0.489. The Labute approximate surface area is 109 Å². The summed E-state index contributed by atoms with van der Waals surface area (Å²) in [7, 11) is 0. The van der Waals surface area contributed by atoms with E-state index in [0.29, 0.717) is 6.07 Å². The molecular formula is C11H8F2N6O. The van der Waals surface area contributed by atoms with Crippen LogP contribution >= 0.6 is 0 Å². The minimum absolute atomic E-state index is 0.00722. The minimum atomic E-state index is -0.873. The fourth-order valence-electron chi connectivity index (χ4n) is 1.80. The third-order valence-electron chi connectivity index (χ3n) is 2.72. The number of hydrogen-bond acceptors (Lipinski definition) is 5. The lowest BCUT2D eigenvalue weighted by Gasteiger charge is -2.02. The largest absolute Gasteiger partial charge is 0.396 e. The predicted molar refractivity (Wildman–Crippen MR) is 68.7 cm³/mol. The predicted octanol–water partition coefficient (Wildman–Crippen LogP) is 0.756. The molecule has 102 valence electrons. The standard InChI is InChI=1S/C11H8F2N6O/c12-4-2-5(13)6(14)1-3(4)8-16-7-9(17-8)18-11(15)19-10(7)20/h1-2H,14H2,(H4,15,16,17,18,19,20). The first-order valence-corrected chi connectivity index (χ1v) is 5.46. The lowest BCUT2D eigenvalue weighted by molar-refractivity contribution is 0.588. The molecule has 3 rings (SSSR count). The molecule has 2 aromatic heterocycles. The van der Waals surface area contributed by atoms with Gasteiger partial charge in [0.1, 0.15) is 17.5 Å². The molecule has 0 amide bonds. The van der Waals surface area contributed by atoms with E-state index in [1.807, 2.05) is 0 Å². The lowest BCUT2D eigenvalue weighted by Crippen LogP contribution is -2.10. The van der Waals surface area contributed by atoms with Crippen molar-refractivity contribution in [2.75, 3.05) is 11.5 Å². The van der Waals surface area contributed by atoms with E-state index < -0.39 is 17.2 Å². The van der Waals surface area contributed by atoms with Gasteiger partial charge in [0, 0.05) is 6.07 Å². The normalized spacial score (nSPS) is 11.1. The number of benzene rings is 1. The number of H-pyrrole nitrogens is 2. The van der Waals surface area contributed by atoms with Gasteiger partial charge < -0.3 is 16.5 Å². The highest BCUT2D eigenvalue weighted by Crippen LogP contribution is 2.25. The number of nitrogens with two attached hydrogens (primary N) is 2. The second-order valence-corrected chi connectivity index (χ2v) is 4.09. The van der Waals surface area contributed by atoms with Gasteiger partial charge in [-0.1, -0.05) is 0 Å². The van der Waals surface area contributed by atoms with Crippen LogP contribution in [0.25, 0.3) is 22.6 Å². The average Bonchev–Trinajstić information content (AvgIpc) is 2.77. The van der Waals surface area contributed by atoms with Gasteiger partial charge in [-0.2, -0.15) is 4.98 Å². The summed E-state index contributed by atoms with van der Waals surface area (Å²) < 4.78 is 26.9. The topological polar surface area (TPSA) is 126 Å². The van der Waals surface area contributed by atoms with Crippen LogP contribution in [0, 0.1) is 11.6 Å². The Balaban J connectivity index is 2.28. The van der Waals surface area contributed by atoms with E-state index in [1.54, 1.807) is 0 Å². The first kappa shape index (κ1) is 12.1. The molecule has 2 heterocycles. The summed E-state index contributed by atoms with van der Waals surface area (Å²) in [5, 5.41) is 0. The summed E-state index contributed by atoms with van der Waals surface area (Å²) in [4.78, 5) is 24.3. The molecule has 0 atom stereocenters. The molecule has 0 aliphatic rings. The number of nitrogens with one attached hydrogen (secondary N) is 2. The summed E-state index contributed by atoms with van der Waals surface area (Å²) in [6.07, 6.45) is 0. The zero-order valence-electron chi connectivity index (χ0n) is 9.87. The maximum atomic E-state index is 13.7. The summed E-state index contributed by atoms with van der Waals surface area (Å²) in [6, 6.07) is 1.73. The molecule has 9 heteroatoms. The smallest absolute Gasteiger partial charge is 0.278 e. The number of nitrogens with zero attached hydrogens (tertiary/aromatic N) is 2. The van der Waals surface area contributed by atoms with E-state index in [1.165, 1.54) is 0 Å². The van der Waals surface area contributed by atoms with Crippen LogP contribution in [-0.4, -0.2) is 19.9 Å². The number of halogens is 2. The van der Waals surface area contributed by atoms with Crippen LogP contribution in [0.4, 0.5) is 20.4 Å². The van der Waals surface area contributed by atoms with Crippen molar-refractivity contribution in [1.29, 1.82) is 0 Å². The molecule has 7 nitrogen and oxygen atoms in total. The zero-order valence-corrected chi connectivity index (χ0v) is 9.87. The fourth-order valence-corrected chi connectivity index (χ4v) is 1.80. The highest BCUT2D eigenvalue weighted by Gasteiger charge is 2.15. The molecular weight excluding hydrogens is 270 g/mol. The van der Waals surface area contributed by atoms with Gasteiger partial charge in [0.05, 0.1) is 11.3 Å². The molecule has 0 aliphatic heterocycles. The number of nitrogen functional groups attached to an aromatic ring is 2. The van der Waals surface area contributed by atoms with Crippen molar-refractivity contribution in [2.45, 2.75) is 0 Å². The van der Waals surface area contributed by atoms with Crippen LogP contribution in [0.5, 0.6) is 0 Å². The van der Waals surface area contributed by atoms with Crippen molar-refractivity contribution in [3.63, 3.8) is 0 Å². The Hall–Kier alpha value is -2.97. The molecule has 0 aliphatic carbocycles. The van der Waals surface area contributed by atoms with Gasteiger partial charge in [-0.25, -0.2) is 13.8 Å². The van der Waals surface area contributed by atoms with Crippen LogP contribution < -0.4 is 17.0 Å². The molecule has 6 N–H and O–H groups in total. The minimum Gasteiger partial charge on any atom is -0.396 e. The van der Waals surface area contributed by atoms with Gasteiger partial charge in [0.15, 0.2) is 11.2 Å². The average molecular weight is 278 g/mol. The Morgan fingerprint density at radius 3 is 2.55 bits per heavy atom. The Morgan fingerprint density at radius 2 is 1.80 bits per heavy atom. The SMILES string of the molecule is Nc1nc2nc(-c3cc(N)c(F)cc3F)[nH]c2c(=O)[nH]1. The van der Waals surface area contributed by atoms with Crippen LogP contribution in [0.1, 0.15) is 0 Å². The Bertz CT molecular complexity index is 884. The summed E-state index contributed by atoms with van der Waals surface area (Å²) in [5.41, 5.74) is 10.00. The maximum absolute atomic E-state index is 13.7. The molecule has 1 aromatic carbocycles. The zero-order chi connectivity index (χ0) is 14.4. The van der Waals surface area contributed by atoms with Gasteiger partial charge in [0.2, 0.25) is 5.95 Å². The molecule has 20 heavy (non-hydrogen) atoms. The van der Waals surface area contributed by atoms with Crippen molar-refractivity contribution in [2.24, 2.45) is 0 Å². The second-order valence-electron chi connectivity index (χ2n) is 4.09. The van der Waals surface area contributed by atoms with E-state index in [2.05, 4.69) is 19.9 Å². The summed E-state index contributed by atoms with van der Waals surface area (Å²) in [5.74, 6) is -1.84. The maximum Gasteiger partial charge on any atom is 0.278 e. The third-order valence-corrected chi connectivity index (χ3v) is 2.72. The molecule has 0 unspecified atom stereocenters. The molecule has 0 fully saturated rings. The van der Waals surface area contributed by atoms with E-state index >= 15 is 0 Å². The molecule has 3 aromatic rings. The molecule has 0 radical (unpaired) electrons. The number of fused-ring (bicyclic) bond motifs is 1. The van der Waals surface area contributed by atoms with Crippen LogP contribution in [0.3, 0.4) is 0 Å². The number of rotatable bonds is 1. The number of aromatic amines is 2. The van der Waals surface area contributed by atoms with Crippen molar-refractivity contribution in [3.8, 4) is 11.4 Å². The third kappa shape index (κ3) is 1.76. The van der Waals surface area contributed by atoms with Crippen molar-refractivity contribution < 1.29 is 8.78 Å². The van der Waals surface area contributed by atoms with Gasteiger partial charge >= 0.3 is 0 Å². The second kappa shape index (κ2) is 4.02. The number of aromatic nitrogens is 4. The molecule has 0 saturated carbocycles. The lowest BCUT2D eigenvalue weighted by atomic mass is 10.1. The van der Waals surface area contributed by atoms with Gasteiger partial charge in [-0.05, 0) is 6.07 Å². The van der Waals surface area contributed by atoms with Gasteiger partial charge in [-0.3, -0.25) is 9.78 Å². The van der Waals surface area contributed by atoms with Crippen LogP contribution in [0.15, 0.2) is 16.9 Å².